The molecule has 7 rings (SSSR count). The molecule has 0 aliphatic carbocycles. The first-order chi connectivity index (χ1) is 21.5. The van der Waals surface area contributed by atoms with Crippen LogP contribution in [0.5, 0.6) is 5.75 Å². The number of piperazine rings is 1. The minimum absolute atomic E-state index is 0.115. The van der Waals surface area contributed by atoms with E-state index >= 15 is 0 Å². The van der Waals surface area contributed by atoms with Crippen LogP contribution in [0.2, 0.25) is 0 Å². The number of nitrogens with zero attached hydrogens (tertiary/aromatic N) is 5. The van der Waals surface area contributed by atoms with Gasteiger partial charge in [-0.2, -0.15) is 4.98 Å². The second-order valence-corrected chi connectivity index (χ2v) is 11.3. The molecule has 8 heteroatoms. The number of carbonyl (C=O) groups is 1. The molecule has 0 radical (unpaired) electrons. The third-order valence-corrected chi connectivity index (χ3v) is 8.32. The molecular formula is C36H33N5O3. The molecule has 4 aromatic carbocycles. The van der Waals surface area contributed by atoms with E-state index in [2.05, 4.69) is 71.6 Å². The minimum Gasteiger partial charge on any atom is -0.497 e. The number of rotatable bonds is 7. The smallest absolute Gasteiger partial charge is 0.263 e. The van der Waals surface area contributed by atoms with Gasteiger partial charge in [0.2, 0.25) is 5.91 Å². The van der Waals surface area contributed by atoms with Crippen LogP contribution in [0.15, 0.2) is 95.5 Å². The second-order valence-electron chi connectivity index (χ2n) is 11.3. The van der Waals surface area contributed by atoms with Crippen molar-refractivity contribution < 1.29 is 14.1 Å². The van der Waals surface area contributed by atoms with Gasteiger partial charge >= 0.3 is 0 Å². The Balaban J connectivity index is 1.19. The van der Waals surface area contributed by atoms with Gasteiger partial charge in [-0.15, -0.1) is 0 Å². The van der Waals surface area contributed by atoms with Gasteiger partial charge in [0.1, 0.15) is 28.5 Å². The SMILES string of the molecule is COc1ccc(CC(=O)N2CCN(c3nc(Cc4ccc(C)cc4)nc4onc(-c5ccc6ccccc6c5)c34)CC2)cc1. The van der Waals surface area contributed by atoms with E-state index < -0.39 is 0 Å². The summed E-state index contributed by atoms with van der Waals surface area (Å²) in [6.07, 6.45) is 0.940. The first-order valence-electron chi connectivity index (χ1n) is 14.9. The lowest BCUT2D eigenvalue weighted by molar-refractivity contribution is -0.130. The molecule has 44 heavy (non-hydrogen) atoms. The average molecular weight is 584 g/mol. The molecule has 1 fully saturated rings. The topological polar surface area (TPSA) is 84.6 Å². The summed E-state index contributed by atoms with van der Waals surface area (Å²) in [5.41, 5.74) is 5.46. The van der Waals surface area contributed by atoms with Crippen molar-refractivity contribution in [2.24, 2.45) is 0 Å². The molecule has 0 saturated carbocycles. The third-order valence-electron chi connectivity index (χ3n) is 8.32. The number of hydrogen-bond acceptors (Lipinski definition) is 7. The van der Waals surface area contributed by atoms with Gasteiger partial charge in [-0.25, -0.2) is 4.98 Å². The van der Waals surface area contributed by atoms with E-state index in [1.165, 1.54) is 5.56 Å². The largest absolute Gasteiger partial charge is 0.497 e. The summed E-state index contributed by atoms with van der Waals surface area (Å²) >= 11 is 0. The number of carbonyl (C=O) groups excluding carboxylic acids is 1. The molecule has 0 unspecified atom stereocenters. The van der Waals surface area contributed by atoms with E-state index in [1.807, 2.05) is 41.3 Å². The molecule has 220 valence electrons. The standard InChI is InChI=1S/C36H33N5O3/c1-24-7-9-25(10-8-24)21-31-37-35(41-19-17-40(18-20-41)32(42)22-26-11-15-30(43-2)16-12-26)33-34(39-44-36(33)38-31)29-14-13-27-5-3-4-6-28(27)23-29/h3-16,23H,17-22H2,1-2H3. The predicted octanol–water partition coefficient (Wildman–Crippen LogP) is 6.24. The number of aromatic nitrogens is 3. The summed E-state index contributed by atoms with van der Waals surface area (Å²) in [6.45, 7) is 4.57. The van der Waals surface area contributed by atoms with Crippen molar-refractivity contribution in [3.05, 3.63) is 114 Å². The highest BCUT2D eigenvalue weighted by atomic mass is 16.5. The van der Waals surface area contributed by atoms with Crippen LogP contribution in [0.3, 0.4) is 0 Å². The maximum absolute atomic E-state index is 13.2. The van der Waals surface area contributed by atoms with Crippen LogP contribution in [0, 0.1) is 6.92 Å². The van der Waals surface area contributed by atoms with Crippen LogP contribution in [0.1, 0.15) is 22.5 Å². The minimum atomic E-state index is 0.115. The fourth-order valence-electron chi connectivity index (χ4n) is 5.81. The van der Waals surface area contributed by atoms with E-state index in [1.54, 1.807) is 7.11 Å². The molecule has 1 aliphatic heterocycles. The molecular weight excluding hydrogens is 550 g/mol. The highest BCUT2D eigenvalue weighted by Crippen LogP contribution is 2.35. The molecule has 6 aromatic rings. The van der Waals surface area contributed by atoms with Crippen molar-refractivity contribution in [1.29, 1.82) is 0 Å². The fraction of sp³-hybridized carbons (Fsp3) is 0.222. The van der Waals surface area contributed by atoms with Crippen LogP contribution in [0.25, 0.3) is 33.1 Å². The van der Waals surface area contributed by atoms with E-state index in [0.29, 0.717) is 50.6 Å². The van der Waals surface area contributed by atoms with Crippen LogP contribution in [-0.2, 0) is 17.6 Å². The van der Waals surface area contributed by atoms with Gasteiger partial charge in [0.15, 0.2) is 0 Å². The lowest BCUT2D eigenvalue weighted by Crippen LogP contribution is -2.49. The number of ether oxygens (including phenoxy) is 1. The summed E-state index contributed by atoms with van der Waals surface area (Å²) in [7, 11) is 1.64. The number of fused-ring (bicyclic) bond motifs is 2. The van der Waals surface area contributed by atoms with Crippen molar-refractivity contribution in [3.8, 4) is 17.0 Å². The Kier molecular flexibility index (Phi) is 7.40. The van der Waals surface area contributed by atoms with Crippen LogP contribution in [0.4, 0.5) is 5.82 Å². The molecule has 1 amide bonds. The third kappa shape index (κ3) is 5.58. The Bertz CT molecular complexity index is 1940. The summed E-state index contributed by atoms with van der Waals surface area (Å²) < 4.78 is 11.1. The van der Waals surface area contributed by atoms with Crippen LogP contribution >= 0.6 is 0 Å². The highest BCUT2D eigenvalue weighted by molar-refractivity contribution is 6.00. The fourth-order valence-corrected chi connectivity index (χ4v) is 5.81. The van der Waals surface area contributed by atoms with Crippen molar-refractivity contribution in [2.45, 2.75) is 19.8 Å². The van der Waals surface area contributed by atoms with Gasteiger partial charge in [-0.05, 0) is 47.0 Å². The Morgan fingerprint density at radius 2 is 1.57 bits per heavy atom. The number of aryl methyl sites for hydroxylation is 1. The monoisotopic (exact) mass is 583 g/mol. The zero-order chi connectivity index (χ0) is 30.0. The maximum atomic E-state index is 13.2. The Hall–Kier alpha value is -5.24. The van der Waals surface area contributed by atoms with E-state index in [0.717, 1.165) is 50.1 Å². The Labute approximate surface area is 255 Å². The van der Waals surface area contributed by atoms with Crippen LogP contribution in [-0.4, -0.2) is 59.2 Å². The van der Waals surface area contributed by atoms with Gasteiger partial charge in [0.25, 0.3) is 5.71 Å². The molecule has 0 bridgehead atoms. The first-order valence-corrected chi connectivity index (χ1v) is 14.9. The lowest BCUT2D eigenvalue weighted by atomic mass is 10.0. The normalized spacial score (nSPS) is 13.5. The zero-order valence-electron chi connectivity index (χ0n) is 24.9. The van der Waals surface area contributed by atoms with Crippen molar-refractivity contribution in [3.63, 3.8) is 0 Å². The van der Waals surface area contributed by atoms with Gasteiger partial charge < -0.3 is 19.1 Å². The molecule has 3 heterocycles. The quantitative estimate of drug-likeness (QED) is 0.220. The van der Waals surface area contributed by atoms with Crippen molar-refractivity contribution in [1.82, 2.24) is 20.0 Å². The molecule has 0 atom stereocenters. The number of benzene rings is 4. The summed E-state index contributed by atoms with van der Waals surface area (Å²) in [5.74, 6) is 2.37. The lowest BCUT2D eigenvalue weighted by Gasteiger charge is -2.35. The zero-order valence-corrected chi connectivity index (χ0v) is 24.9. The maximum Gasteiger partial charge on any atom is 0.263 e. The Morgan fingerprint density at radius 1 is 0.841 bits per heavy atom. The Morgan fingerprint density at radius 3 is 2.32 bits per heavy atom. The first kappa shape index (κ1) is 27.6. The number of anilines is 1. The van der Waals surface area contributed by atoms with E-state index in [9.17, 15) is 4.79 Å². The number of methoxy groups -OCH3 is 1. The van der Waals surface area contributed by atoms with Gasteiger partial charge in [-0.3, -0.25) is 4.79 Å². The van der Waals surface area contributed by atoms with Gasteiger partial charge in [-0.1, -0.05) is 83.5 Å². The average Bonchev–Trinajstić information content (AvgIpc) is 3.50. The van der Waals surface area contributed by atoms with E-state index in [-0.39, 0.29) is 5.91 Å². The molecule has 0 N–H and O–H groups in total. The predicted molar refractivity (Wildman–Crippen MR) is 172 cm³/mol. The summed E-state index contributed by atoms with van der Waals surface area (Å²) in [6, 6.07) is 30.7. The molecule has 1 saturated heterocycles. The van der Waals surface area contributed by atoms with Gasteiger partial charge in [0.05, 0.1) is 13.5 Å². The van der Waals surface area contributed by atoms with Crippen molar-refractivity contribution >= 4 is 33.6 Å². The molecule has 0 spiro atoms. The second kappa shape index (κ2) is 11.8. The highest BCUT2D eigenvalue weighted by Gasteiger charge is 2.27. The van der Waals surface area contributed by atoms with E-state index in [4.69, 9.17) is 19.2 Å². The number of hydrogen-bond donors (Lipinski definition) is 0. The molecule has 1 aliphatic rings. The van der Waals surface area contributed by atoms with Crippen LogP contribution < -0.4 is 9.64 Å². The summed E-state index contributed by atoms with van der Waals surface area (Å²) in [5, 5.41) is 7.60. The van der Waals surface area contributed by atoms with Gasteiger partial charge in [0, 0.05) is 38.2 Å². The summed E-state index contributed by atoms with van der Waals surface area (Å²) in [4.78, 5) is 27.3. The van der Waals surface area contributed by atoms with Crippen molar-refractivity contribution in [2.75, 3.05) is 38.2 Å². The number of amides is 1. The molecule has 2 aromatic heterocycles. The molecule has 8 nitrogen and oxygen atoms in total.